The molecule has 0 atom stereocenters. The minimum Gasteiger partial charge on any atom is -0.354 e. The van der Waals surface area contributed by atoms with Gasteiger partial charge in [0.1, 0.15) is 0 Å². The second-order valence-corrected chi connectivity index (χ2v) is 10.2. The monoisotopic (exact) mass is 487 g/mol. The van der Waals surface area contributed by atoms with Gasteiger partial charge < -0.3 is 15.2 Å². The molecule has 2 N–H and O–H groups in total. The fourth-order valence-corrected chi connectivity index (χ4v) is 5.13. The maximum Gasteiger partial charge on any atom is 0.0900 e. The zero-order valence-corrected chi connectivity index (χ0v) is 21.5. The molecule has 186 valence electrons. The van der Waals surface area contributed by atoms with E-state index >= 15 is 0 Å². The maximum absolute atomic E-state index is 5.19. The molecule has 0 amide bonds. The Morgan fingerprint density at radius 1 is 0.892 bits per heavy atom. The third-order valence-electron chi connectivity index (χ3n) is 7.30. The molecule has 0 spiro atoms. The van der Waals surface area contributed by atoms with Crippen LogP contribution in [0.3, 0.4) is 0 Å². The van der Waals surface area contributed by atoms with E-state index in [4.69, 9.17) is 9.98 Å². The van der Waals surface area contributed by atoms with E-state index in [1.54, 1.807) is 0 Å². The predicted molar refractivity (Wildman–Crippen MR) is 153 cm³/mol. The molecular formula is C32H33N5. The van der Waals surface area contributed by atoms with Crippen LogP contribution in [0.5, 0.6) is 0 Å². The van der Waals surface area contributed by atoms with Gasteiger partial charge in [-0.1, -0.05) is 47.5 Å². The first-order valence-corrected chi connectivity index (χ1v) is 13.2. The van der Waals surface area contributed by atoms with Crippen LogP contribution in [0.2, 0.25) is 0 Å². The lowest BCUT2D eigenvalue weighted by Crippen LogP contribution is -2.29. The van der Waals surface area contributed by atoms with Crippen LogP contribution in [0, 0.1) is 19.8 Å². The van der Waals surface area contributed by atoms with Crippen LogP contribution in [0.25, 0.3) is 28.1 Å². The molecule has 0 aromatic heterocycles. The Labute approximate surface area is 218 Å². The molecule has 2 heterocycles. The Hall–Kier alpha value is -3.96. The number of anilines is 2. The van der Waals surface area contributed by atoms with Gasteiger partial charge in [-0.3, -0.25) is 4.99 Å². The molecule has 3 aliphatic rings. The summed E-state index contributed by atoms with van der Waals surface area (Å²) in [6.45, 7) is 7.23. The molecule has 2 aliphatic heterocycles. The third-order valence-corrected chi connectivity index (χ3v) is 7.30. The fraction of sp³-hybridized carbons (Fsp3) is 0.250. The number of aryl methyl sites for hydroxylation is 2. The number of aromatic nitrogens is 2. The number of benzene rings is 4. The summed E-state index contributed by atoms with van der Waals surface area (Å²) >= 11 is 0. The first kappa shape index (κ1) is 23.4. The molecule has 0 unspecified atom stereocenters. The average Bonchev–Trinajstić information content (AvgIpc) is 2.93. The Morgan fingerprint density at radius 3 is 2.35 bits per heavy atom. The molecule has 1 aliphatic carbocycles. The number of hydrogen-bond acceptors (Lipinski definition) is 4. The Kier molecular flexibility index (Phi) is 6.46. The summed E-state index contributed by atoms with van der Waals surface area (Å²) in [5.74, 6) is 0.614. The molecule has 3 aromatic rings. The second kappa shape index (κ2) is 10.2. The van der Waals surface area contributed by atoms with Crippen molar-refractivity contribution in [3.05, 3.63) is 101 Å². The van der Waals surface area contributed by atoms with Crippen LogP contribution >= 0.6 is 0 Å². The van der Waals surface area contributed by atoms with Gasteiger partial charge >= 0.3 is 0 Å². The highest BCUT2D eigenvalue weighted by Gasteiger charge is 2.17. The molecule has 5 nitrogen and oxygen atoms in total. The van der Waals surface area contributed by atoms with E-state index in [0.717, 1.165) is 64.5 Å². The van der Waals surface area contributed by atoms with Crippen molar-refractivity contribution in [2.24, 2.45) is 10.9 Å². The van der Waals surface area contributed by atoms with Crippen LogP contribution in [0.15, 0.2) is 89.9 Å². The van der Waals surface area contributed by atoms with E-state index in [1.807, 2.05) is 0 Å². The highest BCUT2D eigenvalue weighted by molar-refractivity contribution is 5.84. The Balaban J connectivity index is 1.56. The first-order valence-electron chi connectivity index (χ1n) is 13.2. The number of nitrogens with zero attached hydrogens (tertiary/aromatic N) is 3. The van der Waals surface area contributed by atoms with E-state index in [9.17, 15) is 0 Å². The van der Waals surface area contributed by atoms with Gasteiger partial charge in [-0.25, -0.2) is 4.98 Å². The maximum atomic E-state index is 5.19. The molecule has 5 heteroatoms. The average molecular weight is 488 g/mol. The molecular weight excluding hydrogens is 454 g/mol. The summed E-state index contributed by atoms with van der Waals surface area (Å²) in [5.41, 5.74) is 9.70. The summed E-state index contributed by atoms with van der Waals surface area (Å²) in [6.07, 6.45) is 2.35. The van der Waals surface area contributed by atoms with Gasteiger partial charge in [0.15, 0.2) is 0 Å². The minimum absolute atomic E-state index is 0.614. The minimum atomic E-state index is 0.614. The van der Waals surface area contributed by atoms with E-state index < -0.39 is 0 Å². The smallest absolute Gasteiger partial charge is 0.0900 e. The van der Waals surface area contributed by atoms with Crippen molar-refractivity contribution < 1.29 is 0 Å². The quantitative estimate of drug-likeness (QED) is 0.282. The van der Waals surface area contributed by atoms with Crippen molar-refractivity contribution in [2.45, 2.75) is 26.7 Å². The molecule has 0 radical (unpaired) electrons. The predicted octanol–water partition coefficient (Wildman–Crippen LogP) is 6.39. The molecule has 1 fully saturated rings. The molecule has 37 heavy (non-hydrogen) atoms. The summed E-state index contributed by atoms with van der Waals surface area (Å²) in [4.78, 5) is 10.3. The van der Waals surface area contributed by atoms with Gasteiger partial charge in [-0.2, -0.15) is 0 Å². The van der Waals surface area contributed by atoms with Crippen molar-refractivity contribution in [1.29, 1.82) is 0 Å². The zero-order valence-electron chi connectivity index (χ0n) is 21.5. The summed E-state index contributed by atoms with van der Waals surface area (Å²) < 4.78 is 2.32. The van der Waals surface area contributed by atoms with Crippen LogP contribution in [0.1, 0.15) is 24.0 Å². The summed E-state index contributed by atoms with van der Waals surface area (Å²) in [6, 6.07) is 29.9. The number of fused-ring (bicyclic) bond motifs is 2. The lowest BCUT2D eigenvalue weighted by molar-refractivity contribution is 0.381. The normalized spacial score (nSPS) is 14.9. The van der Waals surface area contributed by atoms with E-state index in [0.29, 0.717) is 5.92 Å². The Morgan fingerprint density at radius 2 is 1.59 bits per heavy atom. The lowest BCUT2D eigenvalue weighted by Gasteiger charge is -2.22. The molecule has 3 aromatic carbocycles. The molecule has 0 bridgehead atoms. The summed E-state index contributed by atoms with van der Waals surface area (Å²) in [7, 11) is 0. The molecule has 0 saturated carbocycles. The SMILES string of the molecule is Cc1ccc(Nc2cc3nc4ccccc4n(-c4ccc(C)cc4)c-3cc2=NCC2CCNCC2)cc1. The fourth-order valence-electron chi connectivity index (χ4n) is 5.13. The largest absolute Gasteiger partial charge is 0.354 e. The van der Waals surface area contributed by atoms with Gasteiger partial charge in [-0.05, 0) is 94.2 Å². The van der Waals surface area contributed by atoms with Gasteiger partial charge in [0.25, 0.3) is 0 Å². The Bertz CT molecular complexity index is 1560. The zero-order chi connectivity index (χ0) is 25.2. The first-order chi connectivity index (χ1) is 18.1. The van der Waals surface area contributed by atoms with Gasteiger partial charge in [0.05, 0.1) is 33.5 Å². The number of para-hydroxylation sites is 2. The van der Waals surface area contributed by atoms with E-state index in [1.165, 1.54) is 24.0 Å². The van der Waals surface area contributed by atoms with Crippen LogP contribution < -0.4 is 16.0 Å². The van der Waals surface area contributed by atoms with Crippen molar-refractivity contribution in [3.8, 4) is 17.1 Å². The van der Waals surface area contributed by atoms with Gasteiger partial charge in [0, 0.05) is 17.9 Å². The van der Waals surface area contributed by atoms with E-state index in [2.05, 4.69) is 114 Å². The van der Waals surface area contributed by atoms with Crippen molar-refractivity contribution in [3.63, 3.8) is 0 Å². The highest BCUT2D eigenvalue weighted by Crippen LogP contribution is 2.30. The standard InChI is InChI=1S/C32H33N5/c1-22-7-11-25(12-8-22)35-29-19-30-32(20-28(29)34-21-24-15-17-33-18-16-24)37(26-13-9-23(2)10-14-26)31-6-4-3-5-27(31)36-30/h3-14,19-20,24,33,35H,15-18,21H2,1-2H3. The summed E-state index contributed by atoms with van der Waals surface area (Å²) in [5, 5.41) is 8.08. The van der Waals surface area contributed by atoms with Gasteiger partial charge in [0.2, 0.25) is 0 Å². The lowest BCUT2D eigenvalue weighted by atomic mass is 9.98. The number of hydrogen-bond donors (Lipinski definition) is 2. The molecule has 1 saturated heterocycles. The van der Waals surface area contributed by atoms with Crippen molar-refractivity contribution in [2.75, 3.05) is 25.0 Å². The van der Waals surface area contributed by atoms with Crippen molar-refractivity contribution in [1.82, 2.24) is 14.9 Å². The van der Waals surface area contributed by atoms with Crippen LogP contribution in [-0.4, -0.2) is 29.2 Å². The van der Waals surface area contributed by atoms with Crippen molar-refractivity contribution >= 4 is 22.4 Å². The van der Waals surface area contributed by atoms with Gasteiger partial charge in [-0.15, -0.1) is 0 Å². The van der Waals surface area contributed by atoms with E-state index in [-0.39, 0.29) is 0 Å². The number of nitrogens with one attached hydrogen (secondary N) is 2. The topological polar surface area (TPSA) is 54.2 Å². The second-order valence-electron chi connectivity index (χ2n) is 10.2. The number of piperidine rings is 1. The highest BCUT2D eigenvalue weighted by atomic mass is 15.0. The molecule has 6 rings (SSSR count). The van der Waals surface area contributed by atoms with Crippen LogP contribution in [-0.2, 0) is 0 Å². The third kappa shape index (κ3) is 5.00. The van der Waals surface area contributed by atoms with Crippen LogP contribution in [0.4, 0.5) is 11.4 Å². The number of rotatable bonds is 5.